The van der Waals surface area contributed by atoms with E-state index in [4.69, 9.17) is 5.73 Å². The summed E-state index contributed by atoms with van der Waals surface area (Å²) in [6.45, 7) is 1.69. The topological polar surface area (TPSA) is 92.5 Å². The number of nitrogen functional groups attached to an aromatic ring is 1. The quantitative estimate of drug-likeness (QED) is 0.765. The predicted molar refractivity (Wildman–Crippen MR) is 80.0 cm³/mol. The molecule has 3 rings (SSSR count). The summed E-state index contributed by atoms with van der Waals surface area (Å²) in [5.41, 5.74) is 7.50. The highest BCUT2D eigenvalue weighted by Gasteiger charge is 2.29. The van der Waals surface area contributed by atoms with Crippen LogP contribution in [0.2, 0.25) is 0 Å². The number of nitrogens with one attached hydrogen (secondary N) is 1. The molecule has 7 heteroatoms. The predicted octanol–water partition coefficient (Wildman–Crippen LogP) is 0.891. The number of carbonyl (C=O) groups is 3. The van der Waals surface area contributed by atoms with E-state index in [0.717, 1.165) is 15.6 Å². The summed E-state index contributed by atoms with van der Waals surface area (Å²) in [4.78, 5) is 36.9. The van der Waals surface area contributed by atoms with Crippen molar-refractivity contribution in [1.29, 1.82) is 0 Å². The first-order valence-electron chi connectivity index (χ1n) is 6.37. The third-order valence-electron chi connectivity index (χ3n) is 3.38. The van der Waals surface area contributed by atoms with E-state index < -0.39 is 11.8 Å². The van der Waals surface area contributed by atoms with Gasteiger partial charge in [0.05, 0.1) is 5.69 Å². The van der Waals surface area contributed by atoms with E-state index in [-0.39, 0.29) is 19.0 Å². The Kier molecular flexibility index (Phi) is 3.13. The van der Waals surface area contributed by atoms with E-state index >= 15 is 0 Å². The Morgan fingerprint density at radius 3 is 2.57 bits per heavy atom. The van der Waals surface area contributed by atoms with Crippen molar-refractivity contribution in [3.8, 4) is 0 Å². The summed E-state index contributed by atoms with van der Waals surface area (Å²) >= 11 is 1.30. The SMILES string of the molecule is Cc1cccc2c(N)c(C(=O)N3CC(=O)NC(=O)C3)sc12. The van der Waals surface area contributed by atoms with Gasteiger partial charge in [0, 0.05) is 10.1 Å². The van der Waals surface area contributed by atoms with Gasteiger partial charge in [-0.15, -0.1) is 11.3 Å². The molecule has 1 aliphatic heterocycles. The van der Waals surface area contributed by atoms with Crippen LogP contribution in [-0.4, -0.2) is 35.7 Å². The van der Waals surface area contributed by atoms with Crippen LogP contribution in [-0.2, 0) is 9.59 Å². The maximum absolute atomic E-state index is 12.5. The second-order valence-corrected chi connectivity index (χ2v) is 5.95. The molecule has 1 saturated heterocycles. The number of imide groups is 1. The van der Waals surface area contributed by atoms with Gasteiger partial charge in [-0.2, -0.15) is 0 Å². The van der Waals surface area contributed by atoms with Crippen LogP contribution >= 0.6 is 11.3 Å². The fourth-order valence-corrected chi connectivity index (χ4v) is 3.52. The molecule has 3 amide bonds. The van der Waals surface area contributed by atoms with Gasteiger partial charge in [-0.3, -0.25) is 19.7 Å². The second-order valence-electron chi connectivity index (χ2n) is 4.93. The van der Waals surface area contributed by atoms with Crippen LogP contribution in [0, 0.1) is 6.92 Å². The third-order valence-corrected chi connectivity index (χ3v) is 4.72. The van der Waals surface area contributed by atoms with Crippen molar-refractivity contribution in [3.63, 3.8) is 0 Å². The number of fused-ring (bicyclic) bond motifs is 1. The van der Waals surface area contributed by atoms with Crippen molar-refractivity contribution >= 4 is 44.8 Å². The normalized spacial score (nSPS) is 15.4. The van der Waals surface area contributed by atoms with Crippen molar-refractivity contribution in [2.24, 2.45) is 0 Å². The number of benzene rings is 1. The number of thiophene rings is 1. The van der Waals surface area contributed by atoms with E-state index in [1.165, 1.54) is 16.2 Å². The fraction of sp³-hybridized carbons (Fsp3) is 0.214. The van der Waals surface area contributed by atoms with Gasteiger partial charge in [-0.05, 0) is 12.5 Å². The summed E-state index contributed by atoms with van der Waals surface area (Å²) in [6, 6.07) is 5.69. The summed E-state index contributed by atoms with van der Waals surface area (Å²) in [6.07, 6.45) is 0. The Hall–Kier alpha value is -2.41. The van der Waals surface area contributed by atoms with Gasteiger partial charge < -0.3 is 10.6 Å². The van der Waals surface area contributed by atoms with Gasteiger partial charge in [0.2, 0.25) is 11.8 Å². The van der Waals surface area contributed by atoms with Gasteiger partial charge in [0.25, 0.3) is 5.91 Å². The van der Waals surface area contributed by atoms with E-state index in [0.29, 0.717) is 10.6 Å². The molecule has 1 aromatic heterocycles. The summed E-state index contributed by atoms with van der Waals surface area (Å²) in [5.74, 6) is -1.33. The van der Waals surface area contributed by atoms with Crippen LogP contribution < -0.4 is 11.1 Å². The van der Waals surface area contributed by atoms with Crippen molar-refractivity contribution in [2.75, 3.05) is 18.8 Å². The largest absolute Gasteiger partial charge is 0.397 e. The van der Waals surface area contributed by atoms with Gasteiger partial charge in [0.1, 0.15) is 18.0 Å². The lowest BCUT2D eigenvalue weighted by Gasteiger charge is -2.25. The number of anilines is 1. The van der Waals surface area contributed by atoms with Crippen molar-refractivity contribution < 1.29 is 14.4 Å². The molecule has 0 aliphatic carbocycles. The van der Waals surface area contributed by atoms with Gasteiger partial charge in [0.15, 0.2) is 0 Å². The zero-order chi connectivity index (χ0) is 15.1. The average molecular weight is 303 g/mol. The van der Waals surface area contributed by atoms with Crippen molar-refractivity contribution in [3.05, 3.63) is 28.6 Å². The summed E-state index contributed by atoms with van der Waals surface area (Å²) in [7, 11) is 0. The molecule has 0 spiro atoms. The van der Waals surface area contributed by atoms with Gasteiger partial charge >= 0.3 is 0 Å². The highest BCUT2D eigenvalue weighted by molar-refractivity contribution is 7.21. The lowest BCUT2D eigenvalue weighted by atomic mass is 10.1. The Morgan fingerprint density at radius 2 is 1.95 bits per heavy atom. The van der Waals surface area contributed by atoms with E-state index in [1.807, 2.05) is 25.1 Å². The zero-order valence-electron chi connectivity index (χ0n) is 11.3. The number of amides is 3. The Morgan fingerprint density at radius 1 is 1.29 bits per heavy atom. The van der Waals surface area contributed by atoms with E-state index in [2.05, 4.69) is 5.32 Å². The standard InChI is InChI=1S/C14H13N3O3S/c1-7-3-2-4-8-11(15)13(21-12(7)8)14(20)17-5-9(18)16-10(19)6-17/h2-4H,5-6,15H2,1H3,(H,16,18,19). The van der Waals surface area contributed by atoms with Gasteiger partial charge in [-0.1, -0.05) is 18.2 Å². The van der Waals surface area contributed by atoms with Crippen LogP contribution in [0.1, 0.15) is 15.2 Å². The molecular weight excluding hydrogens is 290 g/mol. The molecule has 3 N–H and O–H groups in total. The maximum atomic E-state index is 12.5. The monoisotopic (exact) mass is 303 g/mol. The van der Waals surface area contributed by atoms with Crippen LogP contribution in [0.25, 0.3) is 10.1 Å². The summed E-state index contributed by atoms with van der Waals surface area (Å²) < 4.78 is 0.950. The molecule has 1 fully saturated rings. The Balaban J connectivity index is 2.02. The third kappa shape index (κ3) is 2.25. The number of hydrogen-bond acceptors (Lipinski definition) is 5. The van der Waals surface area contributed by atoms with Crippen molar-refractivity contribution in [1.82, 2.24) is 10.2 Å². The van der Waals surface area contributed by atoms with E-state index in [9.17, 15) is 14.4 Å². The highest BCUT2D eigenvalue weighted by atomic mass is 32.1. The van der Waals surface area contributed by atoms with Crippen molar-refractivity contribution in [2.45, 2.75) is 6.92 Å². The molecule has 0 bridgehead atoms. The zero-order valence-corrected chi connectivity index (χ0v) is 12.1. The molecule has 6 nitrogen and oxygen atoms in total. The highest BCUT2D eigenvalue weighted by Crippen LogP contribution is 2.36. The minimum atomic E-state index is -0.476. The number of nitrogens with two attached hydrogens (primary N) is 1. The lowest BCUT2D eigenvalue weighted by Crippen LogP contribution is -2.53. The fourth-order valence-electron chi connectivity index (χ4n) is 2.36. The first-order chi connectivity index (χ1) is 9.97. The molecule has 1 aliphatic rings. The number of carbonyl (C=O) groups excluding carboxylic acids is 3. The Labute approximate surface area is 124 Å². The van der Waals surface area contributed by atoms with Crippen LogP contribution in [0.4, 0.5) is 5.69 Å². The summed E-state index contributed by atoms with van der Waals surface area (Å²) in [5, 5.41) is 3.00. The first kappa shape index (κ1) is 13.6. The Bertz CT molecular complexity index is 765. The first-order valence-corrected chi connectivity index (χ1v) is 7.18. The van der Waals surface area contributed by atoms with Gasteiger partial charge in [-0.25, -0.2) is 0 Å². The average Bonchev–Trinajstić information content (AvgIpc) is 2.76. The number of aryl methyl sites for hydroxylation is 1. The molecule has 2 aromatic rings. The minimum absolute atomic E-state index is 0.128. The van der Waals surface area contributed by atoms with Crippen LogP contribution in [0.15, 0.2) is 18.2 Å². The number of piperazine rings is 1. The molecule has 0 radical (unpaired) electrons. The lowest BCUT2D eigenvalue weighted by molar-refractivity contribution is -0.135. The molecule has 1 aromatic carbocycles. The molecule has 0 saturated carbocycles. The molecule has 0 atom stereocenters. The van der Waals surface area contributed by atoms with E-state index in [1.54, 1.807) is 0 Å². The molecule has 21 heavy (non-hydrogen) atoms. The molecule has 2 heterocycles. The minimum Gasteiger partial charge on any atom is -0.397 e. The molecular formula is C14H13N3O3S. The van der Waals surface area contributed by atoms with Crippen LogP contribution in [0.3, 0.4) is 0 Å². The number of hydrogen-bond donors (Lipinski definition) is 2. The molecule has 108 valence electrons. The van der Waals surface area contributed by atoms with Crippen LogP contribution in [0.5, 0.6) is 0 Å². The molecule has 0 unspecified atom stereocenters. The maximum Gasteiger partial charge on any atom is 0.267 e. The number of rotatable bonds is 1. The second kappa shape index (κ2) is 4.85. The smallest absolute Gasteiger partial charge is 0.267 e. The number of nitrogens with zero attached hydrogens (tertiary/aromatic N) is 1.